The van der Waals surface area contributed by atoms with Crippen molar-refractivity contribution < 1.29 is 9.53 Å². The Balaban J connectivity index is 1.61. The third-order valence-corrected chi connectivity index (χ3v) is 4.92. The molecule has 0 atom stereocenters. The fourth-order valence-corrected chi connectivity index (χ4v) is 3.37. The largest absolute Gasteiger partial charge is 0.483 e. The molecular weight excluding hydrogens is 362 g/mol. The maximum atomic E-state index is 11.8. The number of hydrogen-bond donors (Lipinski definition) is 1. The van der Waals surface area contributed by atoms with Crippen LogP contribution in [0.25, 0.3) is 10.8 Å². The molecule has 1 amide bonds. The molecule has 1 aromatic heterocycles. The van der Waals surface area contributed by atoms with Gasteiger partial charge in [-0.05, 0) is 44.2 Å². The molecule has 3 nitrogen and oxygen atoms in total. The van der Waals surface area contributed by atoms with Crippen LogP contribution in [0.4, 0.5) is 0 Å². The summed E-state index contributed by atoms with van der Waals surface area (Å²) in [6.45, 7) is 0.543. The Morgan fingerprint density at radius 3 is 2.82 bits per heavy atom. The minimum absolute atomic E-state index is 0.00230. The molecule has 3 aromatic rings. The Hall–Kier alpha value is -1.85. The van der Waals surface area contributed by atoms with Gasteiger partial charge in [0.05, 0.1) is 11.0 Å². The number of benzene rings is 2. The lowest BCUT2D eigenvalue weighted by atomic mass is 10.1. The molecule has 0 saturated carbocycles. The van der Waals surface area contributed by atoms with E-state index < -0.39 is 0 Å². The lowest BCUT2D eigenvalue weighted by Crippen LogP contribution is -2.28. The molecule has 0 bridgehead atoms. The van der Waals surface area contributed by atoms with Crippen molar-refractivity contribution >= 4 is 43.9 Å². The Kier molecular flexibility index (Phi) is 4.75. The number of rotatable bonds is 5. The number of carbonyl (C=O) groups is 1. The van der Waals surface area contributed by atoms with E-state index in [4.69, 9.17) is 4.74 Å². The highest BCUT2D eigenvalue weighted by Crippen LogP contribution is 2.32. The Morgan fingerprint density at radius 1 is 1.14 bits per heavy atom. The first-order chi connectivity index (χ1) is 10.7. The molecule has 0 unspecified atom stereocenters. The van der Waals surface area contributed by atoms with Crippen molar-refractivity contribution in [1.82, 2.24) is 5.32 Å². The van der Waals surface area contributed by atoms with Gasteiger partial charge in [0.15, 0.2) is 6.61 Å². The van der Waals surface area contributed by atoms with Gasteiger partial charge in [-0.3, -0.25) is 4.79 Å². The number of ether oxygens (including phenoxy) is 1. The first-order valence-corrected chi connectivity index (χ1v) is 8.50. The summed E-state index contributed by atoms with van der Waals surface area (Å²) in [5.41, 5.74) is 0. The van der Waals surface area contributed by atoms with Gasteiger partial charge in [0.1, 0.15) is 5.75 Å². The number of nitrogens with one attached hydrogen (secondary N) is 1. The zero-order chi connectivity index (χ0) is 15.4. The molecule has 0 spiro atoms. The van der Waals surface area contributed by atoms with Gasteiger partial charge in [-0.15, -0.1) is 11.3 Å². The molecule has 3 rings (SSSR count). The van der Waals surface area contributed by atoms with Crippen molar-refractivity contribution in [2.24, 2.45) is 0 Å². The lowest BCUT2D eigenvalue weighted by Gasteiger charge is -2.10. The van der Waals surface area contributed by atoms with Gasteiger partial charge < -0.3 is 10.1 Å². The van der Waals surface area contributed by atoms with E-state index in [1.54, 1.807) is 11.3 Å². The third-order valence-electron chi connectivity index (χ3n) is 3.23. The van der Waals surface area contributed by atoms with Gasteiger partial charge >= 0.3 is 0 Å². The van der Waals surface area contributed by atoms with E-state index in [1.807, 2.05) is 53.9 Å². The summed E-state index contributed by atoms with van der Waals surface area (Å²) in [5, 5.41) is 7.03. The van der Waals surface area contributed by atoms with Crippen molar-refractivity contribution in [3.63, 3.8) is 0 Å². The summed E-state index contributed by atoms with van der Waals surface area (Å²) < 4.78 is 6.49. The van der Waals surface area contributed by atoms with Gasteiger partial charge in [-0.2, -0.15) is 0 Å². The molecule has 0 aliphatic carbocycles. The monoisotopic (exact) mass is 375 g/mol. The fourth-order valence-electron chi connectivity index (χ4n) is 2.12. The SMILES string of the molecule is O=C(COc1ccc2ccccc2c1Br)NCc1cccs1. The molecule has 0 radical (unpaired) electrons. The second-order valence-corrected chi connectivity index (χ2v) is 6.57. The molecule has 5 heteroatoms. The van der Waals surface area contributed by atoms with Crippen molar-refractivity contribution in [1.29, 1.82) is 0 Å². The van der Waals surface area contributed by atoms with E-state index >= 15 is 0 Å². The number of fused-ring (bicyclic) bond motifs is 1. The van der Waals surface area contributed by atoms with Crippen LogP contribution in [0, 0.1) is 0 Å². The topological polar surface area (TPSA) is 38.3 Å². The number of hydrogen-bond acceptors (Lipinski definition) is 3. The van der Waals surface area contributed by atoms with Crippen molar-refractivity contribution in [2.45, 2.75) is 6.54 Å². The highest BCUT2D eigenvalue weighted by molar-refractivity contribution is 9.10. The molecule has 22 heavy (non-hydrogen) atoms. The van der Waals surface area contributed by atoms with E-state index in [2.05, 4.69) is 21.2 Å². The quantitative estimate of drug-likeness (QED) is 0.719. The van der Waals surface area contributed by atoms with Crippen molar-refractivity contribution in [2.75, 3.05) is 6.61 Å². The fraction of sp³-hybridized carbons (Fsp3) is 0.118. The van der Waals surface area contributed by atoms with Crippen molar-refractivity contribution in [3.8, 4) is 5.75 Å². The lowest BCUT2D eigenvalue weighted by molar-refractivity contribution is -0.123. The number of thiophene rings is 1. The van der Waals surface area contributed by atoms with Crippen LogP contribution >= 0.6 is 27.3 Å². The second-order valence-electron chi connectivity index (χ2n) is 4.74. The summed E-state index contributed by atoms with van der Waals surface area (Å²) >= 11 is 5.17. The predicted molar refractivity (Wildman–Crippen MR) is 93.3 cm³/mol. The maximum Gasteiger partial charge on any atom is 0.258 e. The van der Waals surface area contributed by atoms with Crippen LogP contribution in [0.1, 0.15) is 4.88 Å². The normalized spacial score (nSPS) is 10.6. The van der Waals surface area contributed by atoms with E-state index in [0.29, 0.717) is 12.3 Å². The van der Waals surface area contributed by atoms with Gasteiger partial charge in [0, 0.05) is 4.88 Å². The van der Waals surface area contributed by atoms with Crippen LogP contribution in [0.15, 0.2) is 58.4 Å². The van der Waals surface area contributed by atoms with Crippen LogP contribution in [0.2, 0.25) is 0 Å². The standard InChI is InChI=1S/C17H14BrNO2S/c18-17-14-6-2-1-4-12(14)7-8-15(17)21-11-16(20)19-10-13-5-3-9-22-13/h1-9H,10-11H2,(H,19,20). The first-order valence-electron chi connectivity index (χ1n) is 6.83. The van der Waals surface area contributed by atoms with E-state index in [-0.39, 0.29) is 12.5 Å². The van der Waals surface area contributed by atoms with Gasteiger partial charge in [0.25, 0.3) is 5.91 Å². The predicted octanol–water partition coefficient (Wildman–Crippen LogP) is 4.36. The van der Waals surface area contributed by atoms with E-state index in [9.17, 15) is 4.79 Å². The van der Waals surface area contributed by atoms with E-state index in [1.165, 1.54) is 0 Å². The highest BCUT2D eigenvalue weighted by Gasteiger charge is 2.08. The molecule has 0 aliphatic rings. The summed E-state index contributed by atoms with van der Waals surface area (Å²) in [6, 6.07) is 15.8. The van der Waals surface area contributed by atoms with E-state index in [0.717, 1.165) is 20.1 Å². The van der Waals surface area contributed by atoms with Crippen LogP contribution < -0.4 is 10.1 Å². The minimum atomic E-state index is -0.131. The van der Waals surface area contributed by atoms with Crippen LogP contribution in [0.3, 0.4) is 0 Å². The summed E-state index contributed by atoms with van der Waals surface area (Å²) in [5.74, 6) is 0.540. The minimum Gasteiger partial charge on any atom is -0.483 e. The number of amides is 1. The first kappa shape index (κ1) is 15.1. The Labute approximate surface area is 141 Å². The van der Waals surface area contributed by atoms with Crippen LogP contribution in [-0.4, -0.2) is 12.5 Å². The smallest absolute Gasteiger partial charge is 0.258 e. The molecular formula is C17H14BrNO2S. The summed E-state index contributed by atoms with van der Waals surface area (Å²) in [4.78, 5) is 13.0. The summed E-state index contributed by atoms with van der Waals surface area (Å²) in [6.07, 6.45) is 0. The van der Waals surface area contributed by atoms with Crippen LogP contribution in [0.5, 0.6) is 5.75 Å². The highest BCUT2D eigenvalue weighted by atomic mass is 79.9. The van der Waals surface area contributed by atoms with Crippen molar-refractivity contribution in [3.05, 3.63) is 63.3 Å². The molecule has 1 N–H and O–H groups in total. The van der Waals surface area contributed by atoms with Gasteiger partial charge in [0.2, 0.25) is 0 Å². The molecule has 0 fully saturated rings. The second kappa shape index (κ2) is 6.94. The van der Waals surface area contributed by atoms with Crippen LogP contribution in [-0.2, 0) is 11.3 Å². The number of carbonyl (C=O) groups excluding carboxylic acids is 1. The molecule has 112 valence electrons. The molecule has 0 saturated heterocycles. The number of halogens is 1. The zero-order valence-electron chi connectivity index (χ0n) is 11.7. The average molecular weight is 376 g/mol. The Bertz CT molecular complexity index is 786. The third kappa shape index (κ3) is 3.48. The Morgan fingerprint density at radius 2 is 2.00 bits per heavy atom. The maximum absolute atomic E-state index is 11.8. The summed E-state index contributed by atoms with van der Waals surface area (Å²) in [7, 11) is 0. The molecule has 1 heterocycles. The van der Waals surface area contributed by atoms with Gasteiger partial charge in [-0.25, -0.2) is 0 Å². The van der Waals surface area contributed by atoms with Gasteiger partial charge in [-0.1, -0.05) is 36.4 Å². The zero-order valence-corrected chi connectivity index (χ0v) is 14.1. The molecule has 0 aliphatic heterocycles. The average Bonchev–Trinajstić information content (AvgIpc) is 3.06. The molecule has 2 aromatic carbocycles.